The maximum absolute atomic E-state index is 9.72. The summed E-state index contributed by atoms with van der Waals surface area (Å²) in [6, 6.07) is 9.42. The van der Waals surface area contributed by atoms with Gasteiger partial charge in [0, 0.05) is 0 Å². The lowest BCUT2D eigenvalue weighted by Crippen LogP contribution is -1.96. The summed E-state index contributed by atoms with van der Waals surface area (Å²) in [5, 5.41) is 19.2. The van der Waals surface area contributed by atoms with Gasteiger partial charge in [-0.3, -0.25) is 0 Å². The Morgan fingerprint density at radius 2 is 1.59 bits per heavy atom. The summed E-state index contributed by atoms with van der Waals surface area (Å²) in [5.41, 5.74) is 11.4. The second kappa shape index (κ2) is 4.13. The van der Waals surface area contributed by atoms with Crippen molar-refractivity contribution < 1.29 is 14.9 Å². The number of ether oxygens (including phenoxy) is 1. The van der Waals surface area contributed by atoms with E-state index in [-0.39, 0.29) is 34.4 Å². The van der Waals surface area contributed by atoms with Gasteiger partial charge in [-0.2, -0.15) is 0 Å². The molecular weight excluding hydrogens is 220 g/mol. The van der Waals surface area contributed by atoms with Crippen LogP contribution in [0.3, 0.4) is 0 Å². The predicted molar refractivity (Wildman–Crippen MR) is 65.1 cm³/mol. The lowest BCUT2D eigenvalue weighted by Gasteiger charge is -2.11. The van der Waals surface area contributed by atoms with Crippen molar-refractivity contribution in [1.82, 2.24) is 0 Å². The van der Waals surface area contributed by atoms with Crippen LogP contribution < -0.4 is 16.2 Å². The molecule has 0 aliphatic heterocycles. The molecule has 0 bridgehead atoms. The molecule has 0 fully saturated rings. The summed E-state index contributed by atoms with van der Waals surface area (Å²) >= 11 is 0. The van der Waals surface area contributed by atoms with Crippen LogP contribution >= 0.6 is 0 Å². The number of hydrogen-bond donors (Lipinski definition) is 4. The number of hydrogen-bond acceptors (Lipinski definition) is 5. The second-order valence-corrected chi connectivity index (χ2v) is 3.48. The summed E-state index contributed by atoms with van der Waals surface area (Å²) in [7, 11) is 0. The van der Waals surface area contributed by atoms with Gasteiger partial charge in [0.05, 0.1) is 5.69 Å². The van der Waals surface area contributed by atoms with Crippen LogP contribution in [0.25, 0.3) is 0 Å². The highest BCUT2D eigenvalue weighted by atomic mass is 16.5. The zero-order chi connectivity index (χ0) is 12.4. The van der Waals surface area contributed by atoms with E-state index in [9.17, 15) is 10.2 Å². The number of benzene rings is 2. The van der Waals surface area contributed by atoms with Crippen LogP contribution in [0.1, 0.15) is 0 Å². The lowest BCUT2D eigenvalue weighted by atomic mass is 10.2. The number of phenolic OH excluding ortho intramolecular Hbond substituents is 2. The minimum atomic E-state index is -0.242. The number of nitrogens with two attached hydrogens (primary N) is 2. The van der Waals surface area contributed by atoms with Crippen molar-refractivity contribution in [2.24, 2.45) is 0 Å². The van der Waals surface area contributed by atoms with Crippen molar-refractivity contribution in [3.05, 3.63) is 36.4 Å². The summed E-state index contributed by atoms with van der Waals surface area (Å²) in [4.78, 5) is 0. The Labute approximate surface area is 97.9 Å². The Hall–Kier alpha value is -2.56. The fraction of sp³-hybridized carbons (Fsp3) is 0. The zero-order valence-electron chi connectivity index (χ0n) is 8.92. The molecule has 0 radical (unpaired) electrons. The van der Waals surface area contributed by atoms with Gasteiger partial charge in [0.2, 0.25) is 0 Å². The first-order valence-electron chi connectivity index (χ1n) is 4.92. The SMILES string of the molecule is Nc1ccc(Oc2ccccc2O)c(O)c1N. The minimum Gasteiger partial charge on any atom is -0.504 e. The summed E-state index contributed by atoms with van der Waals surface area (Å²) in [5.74, 6) is 0.0979. The van der Waals surface area contributed by atoms with E-state index in [1.54, 1.807) is 18.2 Å². The average Bonchev–Trinajstić information content (AvgIpc) is 2.32. The molecule has 2 rings (SSSR count). The Bertz CT molecular complexity index is 555. The number of nitrogen functional groups attached to an aromatic ring is 2. The number of phenols is 2. The first-order chi connectivity index (χ1) is 8.09. The fourth-order valence-electron chi connectivity index (χ4n) is 1.35. The second-order valence-electron chi connectivity index (χ2n) is 3.48. The molecule has 88 valence electrons. The molecule has 2 aromatic rings. The van der Waals surface area contributed by atoms with Crippen molar-refractivity contribution in [2.75, 3.05) is 11.5 Å². The summed E-state index contributed by atoms with van der Waals surface area (Å²) < 4.78 is 5.34. The molecule has 6 N–H and O–H groups in total. The molecule has 0 aromatic heterocycles. The van der Waals surface area contributed by atoms with E-state index in [1.807, 2.05) is 0 Å². The molecule has 0 saturated carbocycles. The van der Waals surface area contributed by atoms with E-state index in [4.69, 9.17) is 16.2 Å². The van der Waals surface area contributed by atoms with Crippen molar-refractivity contribution in [2.45, 2.75) is 0 Å². The van der Waals surface area contributed by atoms with E-state index < -0.39 is 0 Å². The van der Waals surface area contributed by atoms with Gasteiger partial charge in [0.15, 0.2) is 23.0 Å². The molecule has 0 atom stereocenters. The monoisotopic (exact) mass is 232 g/mol. The van der Waals surface area contributed by atoms with Crippen LogP contribution in [0.2, 0.25) is 0 Å². The maximum atomic E-state index is 9.72. The van der Waals surface area contributed by atoms with Crippen molar-refractivity contribution in [3.63, 3.8) is 0 Å². The van der Waals surface area contributed by atoms with Gasteiger partial charge in [0.1, 0.15) is 5.69 Å². The molecule has 0 aliphatic carbocycles. The topological polar surface area (TPSA) is 102 Å². The van der Waals surface area contributed by atoms with Gasteiger partial charge >= 0.3 is 0 Å². The Balaban J connectivity index is 2.38. The molecule has 5 heteroatoms. The molecule has 0 unspecified atom stereocenters. The average molecular weight is 232 g/mol. The highest BCUT2D eigenvalue weighted by Gasteiger charge is 2.11. The van der Waals surface area contributed by atoms with Gasteiger partial charge in [-0.05, 0) is 24.3 Å². The largest absolute Gasteiger partial charge is 0.504 e. The zero-order valence-corrected chi connectivity index (χ0v) is 8.92. The highest BCUT2D eigenvalue weighted by Crippen LogP contribution is 2.40. The third-order valence-corrected chi connectivity index (χ3v) is 2.30. The number of rotatable bonds is 2. The third-order valence-electron chi connectivity index (χ3n) is 2.30. The molecule has 17 heavy (non-hydrogen) atoms. The van der Waals surface area contributed by atoms with Crippen LogP contribution in [-0.2, 0) is 0 Å². The van der Waals surface area contributed by atoms with Crippen LogP contribution in [0, 0.1) is 0 Å². The Morgan fingerprint density at radius 3 is 2.29 bits per heavy atom. The van der Waals surface area contributed by atoms with E-state index in [0.29, 0.717) is 0 Å². The molecular formula is C12H12N2O3. The van der Waals surface area contributed by atoms with Gasteiger partial charge < -0.3 is 26.4 Å². The number of anilines is 2. The van der Waals surface area contributed by atoms with Crippen molar-refractivity contribution in [1.29, 1.82) is 0 Å². The lowest BCUT2D eigenvalue weighted by molar-refractivity contribution is 0.386. The molecule has 0 heterocycles. The van der Waals surface area contributed by atoms with Gasteiger partial charge in [0.25, 0.3) is 0 Å². The minimum absolute atomic E-state index is 0.0257. The normalized spacial score (nSPS) is 10.1. The molecule has 5 nitrogen and oxygen atoms in total. The molecule has 2 aromatic carbocycles. The molecule has 0 amide bonds. The first-order valence-corrected chi connectivity index (χ1v) is 4.92. The van der Waals surface area contributed by atoms with Crippen LogP contribution in [-0.4, -0.2) is 10.2 Å². The smallest absolute Gasteiger partial charge is 0.184 e. The van der Waals surface area contributed by atoms with Crippen LogP contribution in [0.5, 0.6) is 23.0 Å². The van der Waals surface area contributed by atoms with Gasteiger partial charge in [-0.1, -0.05) is 12.1 Å². The highest BCUT2D eigenvalue weighted by molar-refractivity contribution is 5.74. The molecule has 0 aliphatic rings. The van der Waals surface area contributed by atoms with E-state index in [1.165, 1.54) is 18.2 Å². The third kappa shape index (κ3) is 2.03. The molecule has 0 saturated heterocycles. The Morgan fingerprint density at radius 1 is 0.882 bits per heavy atom. The standard InChI is InChI=1S/C12H12N2O3/c13-7-5-6-10(12(16)11(7)14)17-9-4-2-1-3-8(9)15/h1-6,15-16H,13-14H2. The van der Waals surface area contributed by atoms with Crippen LogP contribution in [0.4, 0.5) is 11.4 Å². The summed E-state index contributed by atoms with van der Waals surface area (Å²) in [6.07, 6.45) is 0. The Kier molecular flexibility index (Phi) is 2.66. The van der Waals surface area contributed by atoms with E-state index in [0.717, 1.165) is 0 Å². The molecule has 0 spiro atoms. The van der Waals surface area contributed by atoms with Crippen molar-refractivity contribution in [3.8, 4) is 23.0 Å². The maximum Gasteiger partial charge on any atom is 0.184 e. The fourth-order valence-corrected chi connectivity index (χ4v) is 1.35. The van der Waals surface area contributed by atoms with E-state index >= 15 is 0 Å². The van der Waals surface area contributed by atoms with Crippen LogP contribution in [0.15, 0.2) is 36.4 Å². The van der Waals surface area contributed by atoms with Gasteiger partial charge in [-0.25, -0.2) is 0 Å². The van der Waals surface area contributed by atoms with Gasteiger partial charge in [-0.15, -0.1) is 0 Å². The summed E-state index contributed by atoms with van der Waals surface area (Å²) in [6.45, 7) is 0. The van der Waals surface area contributed by atoms with Crippen molar-refractivity contribution >= 4 is 11.4 Å². The predicted octanol–water partition coefficient (Wildman–Crippen LogP) is 2.05. The number of aromatic hydroxyl groups is 2. The quantitative estimate of drug-likeness (QED) is 0.469. The first kappa shape index (κ1) is 10.9. The number of para-hydroxylation sites is 2. The van der Waals surface area contributed by atoms with E-state index in [2.05, 4.69) is 0 Å².